The molecule has 0 aliphatic heterocycles. The van der Waals surface area contributed by atoms with Gasteiger partial charge in [0.1, 0.15) is 0 Å². The van der Waals surface area contributed by atoms with Crippen molar-refractivity contribution in [1.82, 2.24) is 0 Å². The summed E-state index contributed by atoms with van der Waals surface area (Å²) in [5.41, 5.74) is 3.59. The van der Waals surface area contributed by atoms with Crippen molar-refractivity contribution >= 4 is 6.08 Å². The quantitative estimate of drug-likeness (QED) is 0.530. The summed E-state index contributed by atoms with van der Waals surface area (Å²) in [5.74, 6) is 0. The van der Waals surface area contributed by atoms with Crippen LogP contribution in [-0.2, 0) is 4.79 Å². The molecule has 2 heteroatoms. The van der Waals surface area contributed by atoms with Crippen LogP contribution in [0.1, 0.15) is 36.1 Å². The molecule has 1 aromatic rings. The zero-order valence-electron chi connectivity index (χ0n) is 8.87. The van der Waals surface area contributed by atoms with E-state index in [2.05, 4.69) is 24.9 Å². The van der Waals surface area contributed by atoms with E-state index in [1.54, 1.807) is 6.08 Å². The standard InChI is InChI=1S/C12H15NO/c1-4-12(13-8-14)11-7-5-6-9(2)10(11)3/h5-7,12H,4H2,1-3H3. The van der Waals surface area contributed by atoms with Crippen LogP contribution in [0.25, 0.3) is 0 Å². The Morgan fingerprint density at radius 3 is 2.71 bits per heavy atom. The predicted octanol–water partition coefficient (Wildman–Crippen LogP) is 3.09. The molecule has 0 radical (unpaired) electrons. The zero-order valence-corrected chi connectivity index (χ0v) is 8.87. The second-order valence-electron chi connectivity index (χ2n) is 3.43. The SMILES string of the molecule is CCC(N=C=O)c1cccc(C)c1C. The van der Waals surface area contributed by atoms with Crippen LogP contribution in [0.5, 0.6) is 0 Å². The Bertz CT molecular complexity index is 365. The molecule has 0 aromatic heterocycles. The summed E-state index contributed by atoms with van der Waals surface area (Å²) in [4.78, 5) is 14.1. The molecule has 0 N–H and O–H groups in total. The molecule has 1 aromatic carbocycles. The third kappa shape index (κ3) is 2.09. The second kappa shape index (κ2) is 4.73. The van der Waals surface area contributed by atoms with Crippen molar-refractivity contribution in [2.75, 3.05) is 0 Å². The van der Waals surface area contributed by atoms with Gasteiger partial charge in [0.05, 0.1) is 6.04 Å². The van der Waals surface area contributed by atoms with Gasteiger partial charge in [-0.2, -0.15) is 4.99 Å². The summed E-state index contributed by atoms with van der Waals surface area (Å²) in [6, 6.07) is 6.06. The van der Waals surface area contributed by atoms with E-state index in [9.17, 15) is 4.79 Å². The second-order valence-corrected chi connectivity index (χ2v) is 3.43. The maximum absolute atomic E-state index is 10.3. The lowest BCUT2D eigenvalue weighted by Gasteiger charge is -2.13. The zero-order chi connectivity index (χ0) is 10.6. The molecule has 1 atom stereocenters. The Balaban J connectivity index is 3.16. The molecule has 1 unspecified atom stereocenters. The van der Waals surface area contributed by atoms with E-state index in [4.69, 9.17) is 0 Å². The molecule has 0 heterocycles. The molecule has 0 saturated heterocycles. The summed E-state index contributed by atoms with van der Waals surface area (Å²) in [7, 11) is 0. The summed E-state index contributed by atoms with van der Waals surface area (Å²) in [6.45, 7) is 6.15. The van der Waals surface area contributed by atoms with E-state index in [0.29, 0.717) is 0 Å². The van der Waals surface area contributed by atoms with E-state index >= 15 is 0 Å². The van der Waals surface area contributed by atoms with Gasteiger partial charge in [0.15, 0.2) is 0 Å². The first-order valence-corrected chi connectivity index (χ1v) is 4.83. The summed E-state index contributed by atoms with van der Waals surface area (Å²) >= 11 is 0. The van der Waals surface area contributed by atoms with E-state index in [-0.39, 0.29) is 6.04 Å². The van der Waals surface area contributed by atoms with Crippen molar-refractivity contribution in [3.8, 4) is 0 Å². The van der Waals surface area contributed by atoms with E-state index in [1.165, 1.54) is 11.1 Å². The molecular weight excluding hydrogens is 174 g/mol. The largest absolute Gasteiger partial charge is 0.235 e. The number of isocyanates is 1. The fourth-order valence-corrected chi connectivity index (χ4v) is 1.58. The monoisotopic (exact) mass is 189 g/mol. The fraction of sp³-hybridized carbons (Fsp3) is 0.417. The van der Waals surface area contributed by atoms with Crippen molar-refractivity contribution in [2.24, 2.45) is 4.99 Å². The highest BCUT2D eigenvalue weighted by atomic mass is 16.1. The van der Waals surface area contributed by atoms with Crippen molar-refractivity contribution in [3.05, 3.63) is 34.9 Å². The Kier molecular flexibility index (Phi) is 3.61. The van der Waals surface area contributed by atoms with Gasteiger partial charge in [0.25, 0.3) is 0 Å². The first-order chi connectivity index (χ1) is 6.70. The molecule has 0 amide bonds. The number of benzene rings is 1. The molecule has 14 heavy (non-hydrogen) atoms. The minimum Gasteiger partial charge on any atom is -0.211 e. The molecule has 1 rings (SSSR count). The lowest BCUT2D eigenvalue weighted by atomic mass is 9.96. The van der Waals surface area contributed by atoms with Crippen molar-refractivity contribution < 1.29 is 4.79 Å². The Morgan fingerprint density at radius 2 is 2.14 bits per heavy atom. The number of nitrogens with zero attached hydrogens (tertiary/aromatic N) is 1. The van der Waals surface area contributed by atoms with Gasteiger partial charge in [0, 0.05) is 0 Å². The molecule has 74 valence electrons. The number of rotatable bonds is 3. The van der Waals surface area contributed by atoms with Gasteiger partial charge in [-0.05, 0) is 37.0 Å². The highest BCUT2D eigenvalue weighted by molar-refractivity contribution is 5.39. The minimum atomic E-state index is -0.0348. The van der Waals surface area contributed by atoms with Gasteiger partial charge in [-0.3, -0.25) is 0 Å². The van der Waals surface area contributed by atoms with Crippen LogP contribution in [0.15, 0.2) is 23.2 Å². The molecule has 0 bridgehead atoms. The van der Waals surface area contributed by atoms with Gasteiger partial charge < -0.3 is 0 Å². The molecule has 0 fully saturated rings. The van der Waals surface area contributed by atoms with Gasteiger partial charge in [0.2, 0.25) is 6.08 Å². The van der Waals surface area contributed by atoms with Crippen LogP contribution in [0.4, 0.5) is 0 Å². The summed E-state index contributed by atoms with van der Waals surface area (Å²) in [5, 5.41) is 0. The Labute approximate surface area is 84.7 Å². The van der Waals surface area contributed by atoms with Gasteiger partial charge in [-0.25, -0.2) is 4.79 Å². The first-order valence-electron chi connectivity index (χ1n) is 4.83. The Hall–Kier alpha value is -1.40. The summed E-state index contributed by atoms with van der Waals surface area (Å²) in [6.07, 6.45) is 2.47. The predicted molar refractivity (Wildman–Crippen MR) is 57.1 cm³/mol. The van der Waals surface area contributed by atoms with Crippen LogP contribution >= 0.6 is 0 Å². The summed E-state index contributed by atoms with van der Waals surface area (Å²) < 4.78 is 0. The van der Waals surface area contributed by atoms with E-state index in [0.717, 1.165) is 12.0 Å². The maximum atomic E-state index is 10.3. The normalized spacial score (nSPS) is 11.9. The molecular formula is C12H15NO. The smallest absolute Gasteiger partial charge is 0.211 e. The van der Waals surface area contributed by atoms with Crippen LogP contribution in [-0.4, -0.2) is 6.08 Å². The number of hydrogen-bond donors (Lipinski definition) is 0. The molecule has 0 aliphatic rings. The van der Waals surface area contributed by atoms with Crippen LogP contribution in [0.3, 0.4) is 0 Å². The average Bonchev–Trinajstić information content (AvgIpc) is 2.19. The Morgan fingerprint density at radius 1 is 1.43 bits per heavy atom. The minimum absolute atomic E-state index is 0.0348. The molecule has 0 aliphatic carbocycles. The number of hydrogen-bond acceptors (Lipinski definition) is 2. The van der Waals surface area contributed by atoms with Gasteiger partial charge in [-0.1, -0.05) is 25.1 Å². The highest BCUT2D eigenvalue weighted by Crippen LogP contribution is 2.25. The van der Waals surface area contributed by atoms with Gasteiger partial charge >= 0.3 is 0 Å². The fourth-order valence-electron chi connectivity index (χ4n) is 1.58. The average molecular weight is 189 g/mol. The third-order valence-corrected chi connectivity index (χ3v) is 2.60. The lowest BCUT2D eigenvalue weighted by molar-refractivity contribution is 0.555. The van der Waals surface area contributed by atoms with Crippen LogP contribution < -0.4 is 0 Å². The van der Waals surface area contributed by atoms with Crippen molar-refractivity contribution in [2.45, 2.75) is 33.2 Å². The topological polar surface area (TPSA) is 29.4 Å². The number of carbonyl (C=O) groups excluding carboxylic acids is 1. The highest BCUT2D eigenvalue weighted by Gasteiger charge is 2.10. The maximum Gasteiger partial charge on any atom is 0.235 e. The molecule has 0 spiro atoms. The van der Waals surface area contributed by atoms with E-state index in [1.807, 2.05) is 19.1 Å². The third-order valence-electron chi connectivity index (χ3n) is 2.60. The van der Waals surface area contributed by atoms with Crippen molar-refractivity contribution in [3.63, 3.8) is 0 Å². The molecule has 0 saturated carbocycles. The van der Waals surface area contributed by atoms with Crippen molar-refractivity contribution in [1.29, 1.82) is 0 Å². The molecule has 2 nitrogen and oxygen atoms in total. The number of aliphatic imine (C=N–C) groups is 1. The van der Waals surface area contributed by atoms with E-state index < -0.39 is 0 Å². The first kappa shape index (κ1) is 10.7. The van der Waals surface area contributed by atoms with Crippen LogP contribution in [0, 0.1) is 13.8 Å². The van der Waals surface area contributed by atoms with Gasteiger partial charge in [-0.15, -0.1) is 0 Å². The number of aryl methyl sites for hydroxylation is 1. The lowest BCUT2D eigenvalue weighted by Crippen LogP contribution is -1.98. The van der Waals surface area contributed by atoms with Crippen LogP contribution in [0.2, 0.25) is 0 Å².